The summed E-state index contributed by atoms with van der Waals surface area (Å²) in [4.78, 5) is 18.3. The number of H-pyrrole nitrogens is 1. The third-order valence-corrected chi connectivity index (χ3v) is 6.21. The summed E-state index contributed by atoms with van der Waals surface area (Å²) >= 11 is 0. The summed E-state index contributed by atoms with van der Waals surface area (Å²) in [5.74, 6) is 4.21. The van der Waals surface area contributed by atoms with Crippen molar-refractivity contribution in [2.45, 2.75) is 38.1 Å². The fourth-order valence-corrected chi connectivity index (χ4v) is 5.50. The summed E-state index contributed by atoms with van der Waals surface area (Å²) in [6.45, 7) is 0. The van der Waals surface area contributed by atoms with Gasteiger partial charge in [-0.15, -0.1) is 0 Å². The number of aromatic nitrogens is 2. The molecule has 0 aliphatic heterocycles. The Morgan fingerprint density at radius 1 is 1.13 bits per heavy atom. The van der Waals surface area contributed by atoms with E-state index in [2.05, 4.69) is 15.3 Å². The molecule has 6 heteroatoms. The summed E-state index contributed by atoms with van der Waals surface area (Å²) in [6.07, 6.45) is 6.88. The van der Waals surface area contributed by atoms with Crippen LogP contribution in [0.25, 0.3) is 11.0 Å². The fourth-order valence-electron chi connectivity index (χ4n) is 5.50. The van der Waals surface area contributed by atoms with Crippen molar-refractivity contribution in [1.82, 2.24) is 9.97 Å². The number of nitro groups is 1. The largest absolute Gasteiger partial charge is 0.353 e. The molecule has 4 saturated carbocycles. The van der Waals surface area contributed by atoms with Gasteiger partial charge in [0.15, 0.2) is 0 Å². The zero-order valence-electron chi connectivity index (χ0n) is 12.9. The number of imidazole rings is 1. The third kappa shape index (κ3) is 2.11. The number of aromatic amines is 1. The minimum atomic E-state index is -0.370. The van der Waals surface area contributed by atoms with E-state index in [1.54, 1.807) is 12.1 Å². The quantitative estimate of drug-likeness (QED) is 0.668. The molecule has 6 nitrogen and oxygen atoms in total. The molecule has 2 N–H and O–H groups in total. The first-order valence-electron chi connectivity index (χ1n) is 8.56. The predicted molar refractivity (Wildman–Crippen MR) is 87.2 cm³/mol. The van der Waals surface area contributed by atoms with Gasteiger partial charge in [-0.25, -0.2) is 4.98 Å². The zero-order valence-corrected chi connectivity index (χ0v) is 12.9. The van der Waals surface area contributed by atoms with Crippen molar-refractivity contribution in [2.24, 2.45) is 23.7 Å². The number of anilines is 1. The van der Waals surface area contributed by atoms with Gasteiger partial charge >= 0.3 is 0 Å². The van der Waals surface area contributed by atoms with E-state index in [0.717, 1.165) is 40.7 Å². The second-order valence-electron chi connectivity index (χ2n) is 7.64. The molecule has 4 aliphatic carbocycles. The van der Waals surface area contributed by atoms with Crippen LogP contribution in [0.3, 0.4) is 0 Å². The van der Waals surface area contributed by atoms with Gasteiger partial charge in [0, 0.05) is 18.2 Å². The van der Waals surface area contributed by atoms with Crippen molar-refractivity contribution in [3.8, 4) is 0 Å². The monoisotopic (exact) mass is 312 g/mol. The minimum absolute atomic E-state index is 0.0994. The number of fused-ring (bicyclic) bond motifs is 1. The van der Waals surface area contributed by atoms with Crippen LogP contribution >= 0.6 is 0 Å². The van der Waals surface area contributed by atoms with Gasteiger partial charge in [-0.1, -0.05) is 0 Å². The molecule has 0 unspecified atom stereocenters. The van der Waals surface area contributed by atoms with Crippen LogP contribution in [0.4, 0.5) is 11.6 Å². The van der Waals surface area contributed by atoms with Crippen molar-refractivity contribution in [2.75, 3.05) is 5.32 Å². The Balaban J connectivity index is 1.42. The molecule has 0 saturated heterocycles. The summed E-state index contributed by atoms with van der Waals surface area (Å²) in [5, 5.41) is 14.5. The highest BCUT2D eigenvalue weighted by atomic mass is 16.6. The maximum Gasteiger partial charge on any atom is 0.271 e. The van der Waals surface area contributed by atoms with E-state index < -0.39 is 0 Å². The standard InChI is InChI=1S/C17H20N4O2/c22-21(23)13-1-2-14-15(8-13)19-17(18-14)20-16-11-4-9-3-10(6-11)7-12(16)5-9/h1-2,8-12,16H,3-7H2,(H2,18,19,20). The van der Waals surface area contributed by atoms with E-state index in [-0.39, 0.29) is 10.6 Å². The van der Waals surface area contributed by atoms with Gasteiger partial charge in [-0.05, 0) is 61.8 Å². The average Bonchev–Trinajstić information content (AvgIpc) is 2.91. The lowest BCUT2D eigenvalue weighted by Gasteiger charge is -2.54. The number of nitro benzene ring substituents is 1. The molecule has 6 rings (SSSR count). The number of non-ortho nitro benzene ring substituents is 1. The number of benzene rings is 1. The summed E-state index contributed by atoms with van der Waals surface area (Å²) < 4.78 is 0. The van der Waals surface area contributed by atoms with Gasteiger partial charge in [0.25, 0.3) is 5.69 Å². The van der Waals surface area contributed by atoms with Crippen LogP contribution in [-0.4, -0.2) is 20.9 Å². The van der Waals surface area contributed by atoms with Gasteiger partial charge in [0.05, 0.1) is 16.0 Å². The van der Waals surface area contributed by atoms with Crippen LogP contribution in [0.5, 0.6) is 0 Å². The number of nitrogens with zero attached hydrogens (tertiary/aromatic N) is 2. The van der Waals surface area contributed by atoms with E-state index in [4.69, 9.17) is 0 Å². The minimum Gasteiger partial charge on any atom is -0.353 e. The lowest BCUT2D eigenvalue weighted by molar-refractivity contribution is -0.384. The second-order valence-corrected chi connectivity index (χ2v) is 7.64. The Bertz CT molecular complexity index is 756. The Labute approximate surface area is 133 Å². The van der Waals surface area contributed by atoms with Gasteiger partial charge in [-0.2, -0.15) is 0 Å². The molecule has 4 bridgehead atoms. The molecule has 1 aromatic carbocycles. The predicted octanol–water partition coefficient (Wildman–Crippen LogP) is 3.71. The summed E-state index contributed by atoms with van der Waals surface area (Å²) in [5.41, 5.74) is 1.61. The molecule has 2 aromatic rings. The Hall–Kier alpha value is -2.11. The second kappa shape index (κ2) is 4.69. The average molecular weight is 312 g/mol. The van der Waals surface area contributed by atoms with Gasteiger partial charge in [-0.3, -0.25) is 10.1 Å². The molecule has 4 fully saturated rings. The summed E-state index contributed by atoms with van der Waals surface area (Å²) in [7, 11) is 0. The van der Waals surface area contributed by atoms with E-state index in [1.165, 1.54) is 38.2 Å². The van der Waals surface area contributed by atoms with Gasteiger partial charge < -0.3 is 10.3 Å². The van der Waals surface area contributed by atoms with Crippen molar-refractivity contribution >= 4 is 22.7 Å². The zero-order chi connectivity index (χ0) is 15.6. The first-order chi connectivity index (χ1) is 11.2. The number of hydrogen-bond donors (Lipinski definition) is 2. The van der Waals surface area contributed by atoms with E-state index in [0.29, 0.717) is 6.04 Å². The van der Waals surface area contributed by atoms with Crippen molar-refractivity contribution in [3.63, 3.8) is 0 Å². The van der Waals surface area contributed by atoms with Crippen LogP contribution in [0.2, 0.25) is 0 Å². The Morgan fingerprint density at radius 2 is 1.83 bits per heavy atom. The molecule has 0 radical (unpaired) electrons. The number of rotatable bonds is 3. The molecule has 0 spiro atoms. The first kappa shape index (κ1) is 13.3. The molecular formula is C17H20N4O2. The van der Waals surface area contributed by atoms with Crippen molar-refractivity contribution in [1.29, 1.82) is 0 Å². The molecule has 0 amide bonds. The molecule has 1 aromatic heterocycles. The molecule has 23 heavy (non-hydrogen) atoms. The Kier molecular flexibility index (Phi) is 2.72. The van der Waals surface area contributed by atoms with Crippen molar-refractivity contribution in [3.05, 3.63) is 28.3 Å². The molecule has 0 atom stereocenters. The first-order valence-corrected chi connectivity index (χ1v) is 8.56. The Morgan fingerprint density at radius 3 is 2.48 bits per heavy atom. The van der Waals surface area contributed by atoms with Crippen LogP contribution in [0.15, 0.2) is 18.2 Å². The molecule has 1 heterocycles. The molecule has 4 aliphatic rings. The maximum absolute atomic E-state index is 10.9. The fraction of sp³-hybridized carbons (Fsp3) is 0.588. The lowest BCUT2D eigenvalue weighted by atomic mass is 9.54. The van der Waals surface area contributed by atoms with Gasteiger partial charge in [0.2, 0.25) is 5.95 Å². The smallest absolute Gasteiger partial charge is 0.271 e. The van der Waals surface area contributed by atoms with E-state index >= 15 is 0 Å². The van der Waals surface area contributed by atoms with Crippen LogP contribution < -0.4 is 5.32 Å². The van der Waals surface area contributed by atoms with E-state index in [1.807, 2.05) is 0 Å². The van der Waals surface area contributed by atoms with Gasteiger partial charge in [0.1, 0.15) is 0 Å². The van der Waals surface area contributed by atoms with Crippen molar-refractivity contribution < 1.29 is 4.92 Å². The maximum atomic E-state index is 10.9. The highest BCUT2D eigenvalue weighted by Gasteiger charge is 2.48. The summed E-state index contributed by atoms with van der Waals surface area (Å²) in [6, 6.07) is 5.30. The molecular weight excluding hydrogens is 292 g/mol. The topological polar surface area (TPSA) is 83.8 Å². The number of nitrogens with one attached hydrogen (secondary N) is 2. The van der Waals surface area contributed by atoms with Crippen LogP contribution in [-0.2, 0) is 0 Å². The SMILES string of the molecule is O=[N+]([O-])c1ccc2nc(NC3C4CC5CC(C4)CC3C5)[nH]c2c1. The highest BCUT2D eigenvalue weighted by molar-refractivity contribution is 5.79. The highest BCUT2D eigenvalue weighted by Crippen LogP contribution is 2.54. The lowest BCUT2D eigenvalue weighted by Crippen LogP contribution is -2.51. The normalized spacial score (nSPS) is 34.9. The van der Waals surface area contributed by atoms with Crippen LogP contribution in [0.1, 0.15) is 32.1 Å². The number of hydrogen-bond acceptors (Lipinski definition) is 4. The van der Waals surface area contributed by atoms with Crippen LogP contribution in [0, 0.1) is 33.8 Å². The van der Waals surface area contributed by atoms with E-state index in [9.17, 15) is 10.1 Å². The molecule has 120 valence electrons. The third-order valence-electron chi connectivity index (χ3n) is 6.21.